The highest BCUT2D eigenvalue weighted by molar-refractivity contribution is 6.04. The average molecular weight is 215 g/mol. The summed E-state index contributed by atoms with van der Waals surface area (Å²) < 4.78 is 0. The van der Waals surface area contributed by atoms with Crippen LogP contribution in [-0.2, 0) is 0 Å². The zero-order valence-electron chi connectivity index (χ0n) is 9.24. The molecule has 0 aliphatic carbocycles. The van der Waals surface area contributed by atoms with Gasteiger partial charge in [-0.05, 0) is 31.0 Å². The van der Waals surface area contributed by atoms with Gasteiger partial charge in [0, 0.05) is 11.6 Å². The van der Waals surface area contributed by atoms with Crippen molar-refractivity contribution in [3.8, 4) is 0 Å². The molecule has 0 fully saturated rings. The number of hydrogen-bond donors (Lipinski definition) is 2. The van der Waals surface area contributed by atoms with Crippen molar-refractivity contribution in [1.82, 2.24) is 10.2 Å². The Kier molecular flexibility index (Phi) is 2.72. The second-order valence-corrected chi connectivity index (χ2v) is 3.67. The van der Waals surface area contributed by atoms with Crippen LogP contribution in [0, 0.1) is 13.8 Å². The number of anilines is 1. The van der Waals surface area contributed by atoms with E-state index in [4.69, 9.17) is 0 Å². The summed E-state index contributed by atoms with van der Waals surface area (Å²) in [4.78, 5) is 11.9. The number of amides is 1. The van der Waals surface area contributed by atoms with Gasteiger partial charge in [0.15, 0.2) is 0 Å². The van der Waals surface area contributed by atoms with Crippen LogP contribution in [0.4, 0.5) is 5.82 Å². The molecule has 1 aromatic heterocycles. The van der Waals surface area contributed by atoms with Gasteiger partial charge in [0.2, 0.25) is 0 Å². The Morgan fingerprint density at radius 2 is 2.12 bits per heavy atom. The summed E-state index contributed by atoms with van der Waals surface area (Å²) in [7, 11) is 0. The predicted octanol–water partition coefficient (Wildman–Crippen LogP) is 2.28. The number of carbonyl (C=O) groups excluding carboxylic acids is 1. The first-order chi connectivity index (χ1) is 7.68. The van der Waals surface area contributed by atoms with Gasteiger partial charge in [-0.1, -0.05) is 12.1 Å². The van der Waals surface area contributed by atoms with Gasteiger partial charge < -0.3 is 5.32 Å². The van der Waals surface area contributed by atoms with Crippen LogP contribution >= 0.6 is 0 Å². The summed E-state index contributed by atoms with van der Waals surface area (Å²) in [6, 6.07) is 7.39. The standard InChI is InChI=1S/C12H13N3O/c1-8-4-3-5-10(9(8)2)12(16)14-11-6-7-13-15-11/h3-7H,1-2H3,(H2,13,14,15,16). The Hall–Kier alpha value is -2.10. The van der Waals surface area contributed by atoms with Gasteiger partial charge in [-0.15, -0.1) is 0 Å². The van der Waals surface area contributed by atoms with Crippen LogP contribution in [0.2, 0.25) is 0 Å². The first kappa shape index (κ1) is 10.4. The quantitative estimate of drug-likeness (QED) is 0.807. The maximum Gasteiger partial charge on any atom is 0.257 e. The maximum atomic E-state index is 11.9. The topological polar surface area (TPSA) is 57.8 Å². The van der Waals surface area contributed by atoms with E-state index < -0.39 is 0 Å². The molecule has 0 radical (unpaired) electrons. The van der Waals surface area contributed by atoms with E-state index in [2.05, 4.69) is 15.5 Å². The number of benzene rings is 1. The Morgan fingerprint density at radius 1 is 1.31 bits per heavy atom. The molecule has 2 rings (SSSR count). The second kappa shape index (κ2) is 4.18. The van der Waals surface area contributed by atoms with Crippen LogP contribution in [0.25, 0.3) is 0 Å². The molecule has 0 saturated carbocycles. The zero-order valence-corrected chi connectivity index (χ0v) is 9.24. The molecule has 4 heteroatoms. The molecule has 0 bridgehead atoms. The molecule has 0 unspecified atom stereocenters. The highest BCUT2D eigenvalue weighted by Crippen LogP contribution is 2.14. The molecule has 0 aliphatic rings. The zero-order chi connectivity index (χ0) is 11.5. The fourth-order valence-corrected chi connectivity index (χ4v) is 1.51. The summed E-state index contributed by atoms with van der Waals surface area (Å²) in [6.07, 6.45) is 1.60. The van der Waals surface area contributed by atoms with Crippen LogP contribution in [0.1, 0.15) is 21.5 Å². The van der Waals surface area contributed by atoms with Crippen molar-refractivity contribution in [2.45, 2.75) is 13.8 Å². The molecule has 4 nitrogen and oxygen atoms in total. The average Bonchev–Trinajstić information content (AvgIpc) is 2.74. The first-order valence-corrected chi connectivity index (χ1v) is 5.05. The predicted molar refractivity (Wildman–Crippen MR) is 62.5 cm³/mol. The number of nitrogens with zero attached hydrogens (tertiary/aromatic N) is 1. The van der Waals surface area contributed by atoms with Gasteiger partial charge >= 0.3 is 0 Å². The monoisotopic (exact) mass is 215 g/mol. The molecular formula is C12H13N3O. The maximum absolute atomic E-state index is 11.9. The lowest BCUT2D eigenvalue weighted by atomic mass is 10.0. The number of H-pyrrole nitrogens is 1. The molecule has 1 heterocycles. The smallest absolute Gasteiger partial charge is 0.257 e. The molecule has 2 N–H and O–H groups in total. The Morgan fingerprint density at radius 3 is 2.81 bits per heavy atom. The molecule has 2 aromatic rings. The lowest BCUT2D eigenvalue weighted by molar-refractivity contribution is 0.102. The minimum Gasteiger partial charge on any atom is -0.307 e. The molecular weight excluding hydrogens is 202 g/mol. The number of rotatable bonds is 2. The molecule has 0 saturated heterocycles. The van der Waals surface area contributed by atoms with Crippen LogP contribution in [-0.4, -0.2) is 16.1 Å². The number of carbonyl (C=O) groups is 1. The lowest BCUT2D eigenvalue weighted by Gasteiger charge is -2.07. The molecule has 0 atom stereocenters. The fraction of sp³-hybridized carbons (Fsp3) is 0.167. The largest absolute Gasteiger partial charge is 0.307 e. The van der Waals surface area contributed by atoms with E-state index in [0.29, 0.717) is 11.4 Å². The Balaban J connectivity index is 2.24. The third-order valence-corrected chi connectivity index (χ3v) is 2.60. The molecule has 1 amide bonds. The number of hydrogen-bond acceptors (Lipinski definition) is 2. The summed E-state index contributed by atoms with van der Waals surface area (Å²) >= 11 is 0. The van der Waals surface area contributed by atoms with Crippen molar-refractivity contribution in [2.24, 2.45) is 0 Å². The number of aromatic nitrogens is 2. The van der Waals surface area contributed by atoms with E-state index in [-0.39, 0.29) is 5.91 Å². The van der Waals surface area contributed by atoms with Gasteiger partial charge in [-0.25, -0.2) is 0 Å². The van der Waals surface area contributed by atoms with Crippen LogP contribution in [0.5, 0.6) is 0 Å². The summed E-state index contributed by atoms with van der Waals surface area (Å²) in [5, 5.41) is 9.21. The molecule has 16 heavy (non-hydrogen) atoms. The van der Waals surface area contributed by atoms with Crippen molar-refractivity contribution >= 4 is 11.7 Å². The van der Waals surface area contributed by atoms with Crippen LogP contribution in [0.15, 0.2) is 30.5 Å². The Bertz CT molecular complexity index is 503. The van der Waals surface area contributed by atoms with Crippen molar-refractivity contribution in [3.05, 3.63) is 47.2 Å². The van der Waals surface area contributed by atoms with E-state index >= 15 is 0 Å². The van der Waals surface area contributed by atoms with Gasteiger partial charge in [0.1, 0.15) is 5.82 Å². The number of nitrogens with one attached hydrogen (secondary N) is 2. The van der Waals surface area contributed by atoms with Crippen LogP contribution in [0.3, 0.4) is 0 Å². The van der Waals surface area contributed by atoms with Gasteiger partial charge in [0.25, 0.3) is 5.91 Å². The van der Waals surface area contributed by atoms with Gasteiger partial charge in [-0.3, -0.25) is 9.89 Å². The van der Waals surface area contributed by atoms with Crippen molar-refractivity contribution in [1.29, 1.82) is 0 Å². The van der Waals surface area contributed by atoms with E-state index in [1.165, 1.54) is 0 Å². The summed E-state index contributed by atoms with van der Waals surface area (Å²) in [5.41, 5.74) is 2.80. The van der Waals surface area contributed by atoms with Crippen molar-refractivity contribution < 1.29 is 4.79 Å². The van der Waals surface area contributed by atoms with E-state index in [1.807, 2.05) is 32.0 Å². The first-order valence-electron chi connectivity index (χ1n) is 5.05. The van der Waals surface area contributed by atoms with Gasteiger partial charge in [-0.2, -0.15) is 5.10 Å². The van der Waals surface area contributed by atoms with Crippen molar-refractivity contribution in [2.75, 3.05) is 5.32 Å². The minimum absolute atomic E-state index is 0.120. The third kappa shape index (κ3) is 1.95. The van der Waals surface area contributed by atoms with E-state index in [1.54, 1.807) is 12.3 Å². The normalized spacial score (nSPS) is 10.1. The third-order valence-electron chi connectivity index (χ3n) is 2.60. The SMILES string of the molecule is Cc1cccc(C(=O)Nc2ccn[nH]2)c1C. The summed E-state index contributed by atoms with van der Waals surface area (Å²) in [5.74, 6) is 0.483. The molecule has 0 aliphatic heterocycles. The van der Waals surface area contributed by atoms with Gasteiger partial charge in [0.05, 0.1) is 6.20 Å². The molecule has 0 spiro atoms. The fourth-order valence-electron chi connectivity index (χ4n) is 1.51. The lowest BCUT2D eigenvalue weighted by Crippen LogP contribution is -2.14. The highest BCUT2D eigenvalue weighted by atomic mass is 16.1. The highest BCUT2D eigenvalue weighted by Gasteiger charge is 2.10. The Labute approximate surface area is 93.7 Å². The molecule has 82 valence electrons. The molecule has 1 aromatic carbocycles. The number of aromatic amines is 1. The number of aryl methyl sites for hydroxylation is 1. The van der Waals surface area contributed by atoms with Crippen LogP contribution < -0.4 is 5.32 Å². The van der Waals surface area contributed by atoms with E-state index in [9.17, 15) is 4.79 Å². The van der Waals surface area contributed by atoms with E-state index in [0.717, 1.165) is 11.1 Å². The minimum atomic E-state index is -0.120. The summed E-state index contributed by atoms with van der Waals surface area (Å²) in [6.45, 7) is 3.93. The van der Waals surface area contributed by atoms with Crippen molar-refractivity contribution in [3.63, 3.8) is 0 Å². The second-order valence-electron chi connectivity index (χ2n) is 3.67.